The fourth-order valence-electron chi connectivity index (χ4n) is 4.03. The van der Waals surface area contributed by atoms with Gasteiger partial charge in [-0.15, -0.1) is 0 Å². The Bertz CT molecular complexity index is 1140. The molecular weight excluding hydrogens is 469 g/mol. The van der Waals surface area contributed by atoms with Crippen LogP contribution < -0.4 is 15.0 Å². The third kappa shape index (κ3) is 6.32. The molecule has 0 atom stereocenters. The maximum atomic E-state index is 12.4. The van der Waals surface area contributed by atoms with Crippen LogP contribution in [0.2, 0.25) is 10.0 Å². The van der Waals surface area contributed by atoms with E-state index in [1.165, 1.54) is 18.7 Å². The van der Waals surface area contributed by atoms with Crippen LogP contribution in [0.4, 0.5) is 11.4 Å². The van der Waals surface area contributed by atoms with Gasteiger partial charge in [0.25, 0.3) is 0 Å². The van der Waals surface area contributed by atoms with Gasteiger partial charge in [0.1, 0.15) is 5.75 Å². The van der Waals surface area contributed by atoms with Gasteiger partial charge < -0.3 is 15.0 Å². The Kier molecular flexibility index (Phi) is 8.12. The molecule has 1 fully saturated rings. The van der Waals surface area contributed by atoms with Gasteiger partial charge in [-0.1, -0.05) is 53.5 Å². The number of carbonyl (C=O) groups is 1. The van der Waals surface area contributed by atoms with Crippen LogP contribution in [0.3, 0.4) is 0 Å². The van der Waals surface area contributed by atoms with Crippen LogP contribution in [0.25, 0.3) is 6.08 Å². The zero-order chi connectivity index (χ0) is 23.9. The molecule has 1 aliphatic heterocycles. The van der Waals surface area contributed by atoms with E-state index < -0.39 is 0 Å². The lowest BCUT2D eigenvalue weighted by Gasteiger charge is -2.36. The van der Waals surface area contributed by atoms with Gasteiger partial charge in [-0.05, 0) is 48.0 Å². The summed E-state index contributed by atoms with van der Waals surface area (Å²) in [6.07, 6.45) is 3.07. The minimum atomic E-state index is -0.250. The highest BCUT2D eigenvalue weighted by atomic mass is 35.5. The molecule has 1 N–H and O–H groups in total. The van der Waals surface area contributed by atoms with Crippen molar-refractivity contribution in [2.24, 2.45) is 0 Å². The van der Waals surface area contributed by atoms with Crippen LogP contribution in [0, 0.1) is 0 Å². The van der Waals surface area contributed by atoms with Gasteiger partial charge in [-0.3, -0.25) is 9.69 Å². The molecule has 0 aliphatic carbocycles. The second-order valence-electron chi connectivity index (χ2n) is 8.13. The van der Waals surface area contributed by atoms with Crippen molar-refractivity contribution in [3.63, 3.8) is 0 Å². The highest BCUT2D eigenvalue weighted by molar-refractivity contribution is 6.36. The van der Waals surface area contributed by atoms with Crippen LogP contribution in [-0.4, -0.2) is 44.1 Å². The third-order valence-corrected chi connectivity index (χ3v) is 6.28. The average molecular weight is 496 g/mol. The smallest absolute Gasteiger partial charge is 0.248 e. The number of nitrogens with one attached hydrogen (secondary N) is 1. The van der Waals surface area contributed by atoms with Gasteiger partial charge >= 0.3 is 0 Å². The number of ether oxygens (including phenoxy) is 1. The van der Waals surface area contributed by atoms with Crippen molar-refractivity contribution in [2.75, 3.05) is 43.5 Å². The SMILES string of the molecule is COc1c(Cl)cc(Cl)cc1/C=C/C(=O)Nc1ccc(N2CCN(Cc3ccccc3)CC2)cc1. The van der Waals surface area contributed by atoms with Gasteiger partial charge in [0.05, 0.1) is 12.1 Å². The first-order valence-corrected chi connectivity index (χ1v) is 11.9. The number of nitrogens with zero attached hydrogens (tertiary/aromatic N) is 2. The van der Waals surface area contributed by atoms with E-state index in [4.69, 9.17) is 27.9 Å². The zero-order valence-electron chi connectivity index (χ0n) is 19.0. The summed E-state index contributed by atoms with van der Waals surface area (Å²) in [4.78, 5) is 17.3. The standard InChI is InChI=1S/C27H27Cl2N3O2/c1-34-27-21(17-22(28)18-25(27)29)7-12-26(33)30-23-8-10-24(11-9-23)32-15-13-31(14-16-32)19-20-5-3-2-4-6-20/h2-12,17-18H,13-16,19H2,1H3,(H,30,33)/b12-7+. The number of piperazine rings is 1. The quantitative estimate of drug-likeness (QED) is 0.409. The van der Waals surface area contributed by atoms with Crippen molar-refractivity contribution in [2.45, 2.75) is 6.54 Å². The molecule has 0 bridgehead atoms. The lowest BCUT2D eigenvalue weighted by Crippen LogP contribution is -2.45. The van der Waals surface area contributed by atoms with Crippen LogP contribution >= 0.6 is 23.2 Å². The first-order chi connectivity index (χ1) is 16.5. The fourth-order valence-corrected chi connectivity index (χ4v) is 4.62. The Balaban J connectivity index is 1.30. The van der Waals surface area contributed by atoms with Crippen molar-refractivity contribution in [1.82, 2.24) is 4.90 Å². The van der Waals surface area contributed by atoms with E-state index >= 15 is 0 Å². The van der Waals surface area contributed by atoms with E-state index in [-0.39, 0.29) is 5.91 Å². The van der Waals surface area contributed by atoms with E-state index in [2.05, 4.69) is 45.4 Å². The molecule has 0 unspecified atom stereocenters. The van der Waals surface area contributed by atoms with Gasteiger partial charge in [0, 0.05) is 60.8 Å². The normalized spacial score (nSPS) is 14.4. The van der Waals surface area contributed by atoms with Gasteiger partial charge in [0.2, 0.25) is 5.91 Å². The molecule has 0 saturated carbocycles. The first-order valence-electron chi connectivity index (χ1n) is 11.2. The second kappa shape index (κ2) is 11.4. The molecule has 1 saturated heterocycles. The van der Waals surface area contributed by atoms with Crippen molar-refractivity contribution >= 4 is 46.6 Å². The lowest BCUT2D eigenvalue weighted by molar-refractivity contribution is -0.111. The molecule has 1 aliphatic rings. The van der Waals surface area contributed by atoms with Gasteiger partial charge in [-0.25, -0.2) is 0 Å². The average Bonchev–Trinajstić information content (AvgIpc) is 2.84. The van der Waals surface area contributed by atoms with Crippen molar-refractivity contribution < 1.29 is 9.53 Å². The molecule has 4 rings (SSSR count). The van der Waals surface area contributed by atoms with Gasteiger partial charge in [-0.2, -0.15) is 0 Å². The Morgan fingerprint density at radius 3 is 2.38 bits per heavy atom. The minimum absolute atomic E-state index is 0.250. The van der Waals surface area contributed by atoms with Crippen molar-refractivity contribution in [3.05, 3.63) is 94.0 Å². The first kappa shape index (κ1) is 24.1. The number of hydrogen-bond acceptors (Lipinski definition) is 4. The molecular formula is C27H27Cl2N3O2. The summed E-state index contributed by atoms with van der Waals surface area (Å²) in [5.41, 5.74) is 3.88. The number of carbonyl (C=O) groups excluding carboxylic acids is 1. The molecule has 0 spiro atoms. The van der Waals surface area contributed by atoms with Crippen LogP contribution in [-0.2, 0) is 11.3 Å². The van der Waals surface area contributed by atoms with Crippen LogP contribution in [0.1, 0.15) is 11.1 Å². The van der Waals surface area contributed by atoms with E-state index in [1.54, 1.807) is 18.2 Å². The Labute approximate surface area is 210 Å². The van der Waals surface area contributed by atoms with Crippen LogP contribution in [0.15, 0.2) is 72.8 Å². The topological polar surface area (TPSA) is 44.8 Å². The maximum Gasteiger partial charge on any atom is 0.248 e. The largest absolute Gasteiger partial charge is 0.495 e. The third-order valence-electron chi connectivity index (χ3n) is 5.78. The summed E-state index contributed by atoms with van der Waals surface area (Å²) in [7, 11) is 1.53. The fraction of sp³-hybridized carbons (Fsp3) is 0.222. The number of halogens is 2. The van der Waals surface area contributed by atoms with Gasteiger partial charge in [0.15, 0.2) is 0 Å². The Morgan fingerprint density at radius 1 is 1.00 bits per heavy atom. The Morgan fingerprint density at radius 2 is 1.71 bits per heavy atom. The number of methoxy groups -OCH3 is 1. The summed E-state index contributed by atoms with van der Waals surface area (Å²) in [6, 6.07) is 21.8. The monoisotopic (exact) mass is 495 g/mol. The second-order valence-corrected chi connectivity index (χ2v) is 8.97. The molecule has 176 valence electrons. The predicted octanol–water partition coefficient (Wildman–Crippen LogP) is 5.98. The molecule has 7 heteroatoms. The summed E-state index contributed by atoms with van der Waals surface area (Å²) in [6.45, 7) is 4.99. The van der Waals surface area contributed by atoms with E-state index in [0.29, 0.717) is 21.4 Å². The molecule has 1 amide bonds. The number of amides is 1. The molecule has 1 heterocycles. The Hall–Kier alpha value is -2.99. The number of anilines is 2. The zero-order valence-corrected chi connectivity index (χ0v) is 20.5. The minimum Gasteiger partial charge on any atom is -0.495 e. The van der Waals surface area contributed by atoms with E-state index in [9.17, 15) is 4.79 Å². The molecule has 3 aromatic carbocycles. The molecule has 0 radical (unpaired) electrons. The summed E-state index contributed by atoms with van der Waals surface area (Å²) >= 11 is 12.2. The number of hydrogen-bond donors (Lipinski definition) is 1. The molecule has 34 heavy (non-hydrogen) atoms. The molecule has 5 nitrogen and oxygen atoms in total. The van der Waals surface area contributed by atoms with Crippen molar-refractivity contribution in [1.29, 1.82) is 0 Å². The maximum absolute atomic E-state index is 12.4. The van der Waals surface area contributed by atoms with E-state index in [1.807, 2.05) is 24.3 Å². The molecule has 0 aromatic heterocycles. The number of rotatable bonds is 7. The molecule has 3 aromatic rings. The highest BCUT2D eigenvalue weighted by Gasteiger charge is 2.17. The number of benzene rings is 3. The summed E-state index contributed by atoms with van der Waals surface area (Å²) in [5, 5.41) is 3.75. The summed E-state index contributed by atoms with van der Waals surface area (Å²) < 4.78 is 5.31. The van der Waals surface area contributed by atoms with Crippen molar-refractivity contribution in [3.8, 4) is 5.75 Å². The highest BCUT2D eigenvalue weighted by Crippen LogP contribution is 2.33. The summed E-state index contributed by atoms with van der Waals surface area (Å²) in [5.74, 6) is 0.226. The van der Waals surface area contributed by atoms with Crippen LogP contribution in [0.5, 0.6) is 5.75 Å². The predicted molar refractivity (Wildman–Crippen MR) is 141 cm³/mol. The van der Waals surface area contributed by atoms with E-state index in [0.717, 1.165) is 44.1 Å². The lowest BCUT2D eigenvalue weighted by atomic mass is 10.1.